The van der Waals surface area contributed by atoms with E-state index in [1.165, 1.54) is 11.3 Å². The lowest BCUT2D eigenvalue weighted by atomic mass is 10.2. The average molecular weight is 450 g/mol. The minimum atomic E-state index is -0.0537. The van der Waals surface area contributed by atoms with Gasteiger partial charge in [-0.2, -0.15) is 0 Å². The average Bonchev–Trinajstić information content (AvgIpc) is 3.49. The smallest absolute Gasteiger partial charge is 0.258 e. The van der Waals surface area contributed by atoms with Crippen LogP contribution in [0.3, 0.4) is 0 Å². The number of hydrogen-bond donors (Lipinski definition) is 0. The summed E-state index contributed by atoms with van der Waals surface area (Å²) in [5.74, 6) is 1.41. The molecule has 1 aromatic carbocycles. The fourth-order valence-electron chi connectivity index (χ4n) is 3.89. The highest BCUT2D eigenvalue weighted by Gasteiger charge is 2.22. The molecule has 0 atom stereocenters. The SMILES string of the molecule is O=C(CCc1ncc(-c2ccccc2)o1)N1CCN(Cc2cc(=O)n3ccsc3n2)CC1. The standard InChI is InChI=1S/C23H23N5O3S/c29-21(7-6-20-24-15-19(31-20)17-4-2-1-3-5-17)27-10-8-26(9-11-27)16-18-14-22(30)28-12-13-32-23(28)25-18/h1-5,12-15H,6-11,16H2. The lowest BCUT2D eigenvalue weighted by Gasteiger charge is -2.34. The fourth-order valence-corrected chi connectivity index (χ4v) is 4.63. The highest BCUT2D eigenvalue weighted by molar-refractivity contribution is 7.15. The van der Waals surface area contributed by atoms with Crippen molar-refractivity contribution in [1.29, 1.82) is 0 Å². The molecule has 9 heteroatoms. The first-order valence-corrected chi connectivity index (χ1v) is 11.5. The van der Waals surface area contributed by atoms with Crippen LogP contribution in [0.2, 0.25) is 0 Å². The number of piperazine rings is 1. The molecular formula is C23H23N5O3S. The van der Waals surface area contributed by atoms with Crippen molar-refractivity contribution >= 4 is 22.2 Å². The second-order valence-electron chi connectivity index (χ2n) is 7.78. The Labute approximate surface area is 188 Å². The Morgan fingerprint density at radius 1 is 1.12 bits per heavy atom. The van der Waals surface area contributed by atoms with Gasteiger partial charge in [0.1, 0.15) is 0 Å². The van der Waals surface area contributed by atoms with Gasteiger partial charge in [-0.05, 0) is 0 Å². The molecule has 0 bridgehead atoms. The van der Waals surface area contributed by atoms with Crippen LogP contribution in [0.15, 0.2) is 63.4 Å². The summed E-state index contributed by atoms with van der Waals surface area (Å²) in [6.07, 6.45) is 4.31. The molecule has 0 radical (unpaired) electrons. The zero-order chi connectivity index (χ0) is 21.9. The topological polar surface area (TPSA) is 84.0 Å². The molecule has 0 N–H and O–H groups in total. The van der Waals surface area contributed by atoms with Crippen molar-refractivity contribution in [2.45, 2.75) is 19.4 Å². The molecule has 0 unspecified atom stereocenters. The van der Waals surface area contributed by atoms with Crippen LogP contribution in [0.5, 0.6) is 0 Å². The van der Waals surface area contributed by atoms with E-state index in [-0.39, 0.29) is 11.5 Å². The Balaban J connectivity index is 1.11. The summed E-state index contributed by atoms with van der Waals surface area (Å²) in [5.41, 5.74) is 1.70. The maximum absolute atomic E-state index is 12.7. The van der Waals surface area contributed by atoms with E-state index < -0.39 is 0 Å². The van der Waals surface area contributed by atoms with Crippen LogP contribution in [0.4, 0.5) is 0 Å². The number of fused-ring (bicyclic) bond motifs is 1. The van der Waals surface area contributed by atoms with Crippen molar-refractivity contribution < 1.29 is 9.21 Å². The van der Waals surface area contributed by atoms with Crippen LogP contribution in [0, 0.1) is 0 Å². The van der Waals surface area contributed by atoms with E-state index in [2.05, 4.69) is 14.9 Å². The quantitative estimate of drug-likeness (QED) is 0.450. The maximum atomic E-state index is 12.7. The van der Waals surface area contributed by atoms with Gasteiger partial charge in [0, 0.05) is 68.8 Å². The Morgan fingerprint density at radius 2 is 1.94 bits per heavy atom. The summed E-state index contributed by atoms with van der Waals surface area (Å²) in [4.78, 5) is 38.5. The minimum absolute atomic E-state index is 0.0537. The largest absolute Gasteiger partial charge is 0.441 e. The number of oxazole rings is 1. The molecule has 8 nitrogen and oxygen atoms in total. The molecule has 1 saturated heterocycles. The van der Waals surface area contributed by atoms with Gasteiger partial charge in [-0.3, -0.25) is 18.9 Å². The molecule has 1 amide bonds. The van der Waals surface area contributed by atoms with E-state index >= 15 is 0 Å². The molecular weight excluding hydrogens is 426 g/mol. The normalized spacial score (nSPS) is 14.8. The van der Waals surface area contributed by atoms with Gasteiger partial charge in [0.2, 0.25) is 5.91 Å². The van der Waals surface area contributed by atoms with Gasteiger partial charge in [0.25, 0.3) is 5.56 Å². The van der Waals surface area contributed by atoms with Gasteiger partial charge in [-0.1, -0.05) is 30.3 Å². The summed E-state index contributed by atoms with van der Waals surface area (Å²) >= 11 is 1.45. The summed E-state index contributed by atoms with van der Waals surface area (Å²) in [6, 6.07) is 11.4. The van der Waals surface area contributed by atoms with E-state index in [1.54, 1.807) is 22.9 Å². The number of amides is 1. The molecule has 5 rings (SSSR count). The van der Waals surface area contributed by atoms with Crippen molar-refractivity contribution in [3.8, 4) is 11.3 Å². The molecule has 1 aliphatic heterocycles. The van der Waals surface area contributed by atoms with Gasteiger partial charge >= 0.3 is 0 Å². The highest BCUT2D eigenvalue weighted by atomic mass is 32.1. The number of benzene rings is 1. The maximum Gasteiger partial charge on any atom is 0.258 e. The molecule has 4 heterocycles. The van der Waals surface area contributed by atoms with Crippen LogP contribution in [-0.4, -0.2) is 56.3 Å². The van der Waals surface area contributed by atoms with E-state index in [0.29, 0.717) is 43.3 Å². The van der Waals surface area contributed by atoms with Crippen molar-refractivity contribution in [3.05, 3.63) is 76.1 Å². The second-order valence-corrected chi connectivity index (χ2v) is 8.66. The number of carbonyl (C=O) groups is 1. The summed E-state index contributed by atoms with van der Waals surface area (Å²) in [6.45, 7) is 3.47. The molecule has 32 heavy (non-hydrogen) atoms. The van der Waals surface area contributed by atoms with Crippen molar-refractivity contribution in [3.63, 3.8) is 0 Å². The van der Waals surface area contributed by atoms with Crippen molar-refractivity contribution in [2.75, 3.05) is 26.2 Å². The van der Waals surface area contributed by atoms with Crippen LogP contribution < -0.4 is 5.56 Å². The van der Waals surface area contributed by atoms with Gasteiger partial charge in [0.05, 0.1) is 11.9 Å². The Kier molecular flexibility index (Phi) is 5.83. The van der Waals surface area contributed by atoms with Crippen molar-refractivity contribution in [1.82, 2.24) is 24.2 Å². The number of thiazole rings is 1. The number of rotatable bonds is 6. The monoisotopic (exact) mass is 449 g/mol. The van der Waals surface area contributed by atoms with Gasteiger partial charge in [0.15, 0.2) is 16.6 Å². The third-order valence-electron chi connectivity index (χ3n) is 5.63. The first-order valence-electron chi connectivity index (χ1n) is 10.6. The number of nitrogens with zero attached hydrogens (tertiary/aromatic N) is 5. The predicted octanol–water partition coefficient (Wildman–Crippen LogP) is 2.69. The zero-order valence-electron chi connectivity index (χ0n) is 17.5. The predicted molar refractivity (Wildman–Crippen MR) is 121 cm³/mol. The van der Waals surface area contributed by atoms with Crippen LogP contribution >= 0.6 is 11.3 Å². The van der Waals surface area contributed by atoms with Crippen molar-refractivity contribution in [2.24, 2.45) is 0 Å². The van der Waals surface area contributed by atoms with Crippen LogP contribution in [0.25, 0.3) is 16.3 Å². The Bertz CT molecular complexity index is 1270. The van der Waals surface area contributed by atoms with E-state index in [1.807, 2.05) is 40.6 Å². The summed E-state index contributed by atoms with van der Waals surface area (Å²) < 4.78 is 7.36. The third-order valence-corrected chi connectivity index (χ3v) is 6.39. The van der Waals surface area contributed by atoms with Gasteiger partial charge in [-0.25, -0.2) is 9.97 Å². The lowest BCUT2D eigenvalue weighted by Crippen LogP contribution is -2.48. The first kappa shape index (κ1) is 20.6. The Hall–Kier alpha value is -3.30. The van der Waals surface area contributed by atoms with Gasteiger partial charge < -0.3 is 9.32 Å². The third kappa shape index (κ3) is 4.49. The van der Waals surface area contributed by atoms with Crippen LogP contribution in [0.1, 0.15) is 18.0 Å². The molecule has 0 spiro atoms. The molecule has 4 aromatic rings. The molecule has 0 saturated carbocycles. The molecule has 1 aliphatic rings. The lowest BCUT2D eigenvalue weighted by molar-refractivity contribution is -0.133. The fraction of sp³-hybridized carbons (Fsp3) is 0.304. The molecule has 164 valence electrons. The van der Waals surface area contributed by atoms with E-state index in [4.69, 9.17) is 4.42 Å². The number of hydrogen-bond acceptors (Lipinski definition) is 7. The van der Waals surface area contributed by atoms with Gasteiger partial charge in [-0.15, -0.1) is 11.3 Å². The molecule has 0 aliphatic carbocycles. The second kappa shape index (κ2) is 9.05. The number of aryl methyl sites for hydroxylation is 1. The number of carbonyl (C=O) groups excluding carboxylic acids is 1. The minimum Gasteiger partial charge on any atom is -0.441 e. The summed E-state index contributed by atoms with van der Waals surface area (Å²) in [5, 5.41) is 1.86. The first-order chi connectivity index (χ1) is 15.7. The zero-order valence-corrected chi connectivity index (χ0v) is 18.3. The van der Waals surface area contributed by atoms with E-state index in [0.717, 1.165) is 30.1 Å². The van der Waals surface area contributed by atoms with E-state index in [9.17, 15) is 9.59 Å². The molecule has 3 aromatic heterocycles. The summed E-state index contributed by atoms with van der Waals surface area (Å²) in [7, 11) is 0. The van der Waals surface area contributed by atoms with Crippen LogP contribution in [-0.2, 0) is 17.8 Å². The molecule has 1 fully saturated rings. The Morgan fingerprint density at radius 3 is 2.75 bits per heavy atom. The number of aromatic nitrogens is 3. The highest BCUT2D eigenvalue weighted by Crippen LogP contribution is 2.20.